The van der Waals surface area contributed by atoms with Gasteiger partial charge in [-0.15, -0.1) is 11.3 Å². The Balaban J connectivity index is 1.64. The van der Waals surface area contributed by atoms with Gasteiger partial charge in [-0.05, 0) is 32.3 Å². The number of halogens is 3. The number of thiazole rings is 1. The molecule has 8 heteroatoms. The maximum atomic E-state index is 12.8. The number of hydrogen-bond acceptors (Lipinski definition) is 3. The van der Waals surface area contributed by atoms with Crippen molar-refractivity contribution in [1.29, 1.82) is 0 Å². The highest BCUT2D eigenvalue weighted by atomic mass is 32.1. The lowest BCUT2D eigenvalue weighted by Crippen LogP contribution is -2.41. The minimum Gasteiger partial charge on any atom is -0.357 e. The van der Waals surface area contributed by atoms with Gasteiger partial charge in [0.1, 0.15) is 5.69 Å². The Morgan fingerprint density at radius 1 is 1.42 bits per heavy atom. The number of H-pyrrole nitrogens is 1. The third-order valence-corrected chi connectivity index (χ3v) is 5.09. The minimum atomic E-state index is -4.19. The molecule has 1 aliphatic carbocycles. The predicted molar refractivity (Wildman–Crippen MR) is 85.9 cm³/mol. The number of hydrogen-bond donors (Lipinski definition) is 2. The fourth-order valence-electron chi connectivity index (χ4n) is 3.05. The molecule has 1 fully saturated rings. The highest BCUT2D eigenvalue weighted by Gasteiger charge is 2.42. The van der Waals surface area contributed by atoms with E-state index in [1.54, 1.807) is 12.3 Å². The Labute approximate surface area is 141 Å². The molecule has 0 aromatic carbocycles. The van der Waals surface area contributed by atoms with E-state index in [1.807, 2.05) is 12.3 Å². The van der Waals surface area contributed by atoms with E-state index in [0.29, 0.717) is 18.5 Å². The van der Waals surface area contributed by atoms with E-state index in [9.17, 15) is 18.0 Å². The van der Waals surface area contributed by atoms with E-state index < -0.39 is 18.1 Å². The Bertz CT molecular complexity index is 722. The summed E-state index contributed by atoms with van der Waals surface area (Å²) in [6.07, 6.45) is -1.35. The topological polar surface area (TPSA) is 57.8 Å². The third-order valence-electron chi connectivity index (χ3n) is 4.31. The van der Waals surface area contributed by atoms with Gasteiger partial charge in [-0.2, -0.15) is 13.2 Å². The van der Waals surface area contributed by atoms with Crippen molar-refractivity contribution in [3.8, 4) is 11.3 Å². The van der Waals surface area contributed by atoms with E-state index in [0.717, 1.165) is 16.3 Å². The van der Waals surface area contributed by atoms with Gasteiger partial charge in [0.15, 0.2) is 0 Å². The van der Waals surface area contributed by atoms with Crippen molar-refractivity contribution in [3.05, 3.63) is 28.3 Å². The van der Waals surface area contributed by atoms with Crippen LogP contribution in [-0.4, -0.2) is 28.1 Å². The maximum Gasteiger partial charge on any atom is 0.391 e. The van der Waals surface area contributed by atoms with Gasteiger partial charge in [-0.25, -0.2) is 4.98 Å². The second-order valence-electron chi connectivity index (χ2n) is 6.13. The zero-order valence-electron chi connectivity index (χ0n) is 13.1. The molecule has 2 aromatic rings. The number of aromatic amines is 1. The van der Waals surface area contributed by atoms with Crippen LogP contribution in [0.25, 0.3) is 11.3 Å². The molecule has 1 aliphatic rings. The monoisotopic (exact) mass is 357 g/mol. The number of carbonyl (C=O) groups is 1. The molecule has 2 atom stereocenters. The van der Waals surface area contributed by atoms with Crippen molar-refractivity contribution < 1.29 is 18.0 Å². The molecule has 0 saturated heterocycles. The summed E-state index contributed by atoms with van der Waals surface area (Å²) in [4.78, 5) is 19.5. The Kier molecular flexibility index (Phi) is 4.67. The lowest BCUT2D eigenvalue weighted by molar-refractivity contribution is -0.183. The summed E-state index contributed by atoms with van der Waals surface area (Å²) in [5.74, 6) is -1.70. The van der Waals surface area contributed by atoms with Crippen LogP contribution < -0.4 is 5.32 Å². The summed E-state index contributed by atoms with van der Waals surface area (Å²) < 4.78 is 38.5. The van der Waals surface area contributed by atoms with Crippen LogP contribution >= 0.6 is 11.3 Å². The fraction of sp³-hybridized carbons (Fsp3) is 0.500. The van der Waals surface area contributed by atoms with Crippen molar-refractivity contribution in [2.45, 2.75) is 44.8 Å². The van der Waals surface area contributed by atoms with Gasteiger partial charge in [0.05, 0.1) is 16.6 Å². The van der Waals surface area contributed by atoms with Crippen LogP contribution in [0.2, 0.25) is 0 Å². The molecule has 3 rings (SSSR count). The Morgan fingerprint density at radius 2 is 2.21 bits per heavy atom. The first kappa shape index (κ1) is 17.0. The third kappa shape index (κ3) is 3.80. The first-order valence-electron chi connectivity index (χ1n) is 7.81. The van der Waals surface area contributed by atoms with E-state index in [-0.39, 0.29) is 18.7 Å². The van der Waals surface area contributed by atoms with E-state index in [4.69, 9.17) is 0 Å². The van der Waals surface area contributed by atoms with Gasteiger partial charge >= 0.3 is 6.18 Å². The zero-order chi connectivity index (χ0) is 17.3. The van der Waals surface area contributed by atoms with Crippen molar-refractivity contribution >= 4 is 17.2 Å². The van der Waals surface area contributed by atoms with E-state index in [1.165, 1.54) is 11.3 Å². The molecule has 1 amide bonds. The molecular formula is C16H18F3N3OS. The van der Waals surface area contributed by atoms with Crippen LogP contribution in [0.4, 0.5) is 13.2 Å². The van der Waals surface area contributed by atoms with Crippen LogP contribution in [0.15, 0.2) is 17.6 Å². The number of alkyl halides is 3. The molecule has 0 spiro atoms. The second kappa shape index (κ2) is 6.58. The highest BCUT2D eigenvalue weighted by molar-refractivity contribution is 7.09. The lowest BCUT2D eigenvalue weighted by Gasteiger charge is -2.30. The normalized spacial score (nSPS) is 21.7. The molecule has 0 bridgehead atoms. The Hall–Kier alpha value is -1.83. The van der Waals surface area contributed by atoms with Crippen LogP contribution in [-0.2, 0) is 0 Å². The minimum absolute atomic E-state index is 0.0475. The molecule has 130 valence electrons. The van der Waals surface area contributed by atoms with Gasteiger partial charge in [-0.3, -0.25) is 4.79 Å². The molecule has 2 aromatic heterocycles. The quantitative estimate of drug-likeness (QED) is 0.861. The van der Waals surface area contributed by atoms with Gasteiger partial charge in [0.2, 0.25) is 0 Å². The lowest BCUT2D eigenvalue weighted by atomic mass is 9.85. The molecule has 0 unspecified atom stereocenters. The smallest absolute Gasteiger partial charge is 0.357 e. The molecule has 2 N–H and O–H groups in total. The van der Waals surface area contributed by atoms with Crippen molar-refractivity contribution in [1.82, 2.24) is 15.3 Å². The van der Waals surface area contributed by atoms with Crippen LogP contribution in [0, 0.1) is 12.8 Å². The summed E-state index contributed by atoms with van der Waals surface area (Å²) in [6.45, 7) is 1.90. The number of carbonyl (C=O) groups excluding carboxylic acids is 1. The number of amides is 1. The first-order chi connectivity index (χ1) is 11.3. The standard InChI is InChI=1S/C16H18F3N3OS/c1-9-21-14(8-24-9)10-5-13(20-7-10)15(23)22-12-4-2-3-11(6-12)16(17,18)19/h5,7-8,11-12,20H,2-4,6H2,1H3,(H,22,23)/t11-,12-/m1/s1. The van der Waals surface area contributed by atoms with Crippen molar-refractivity contribution in [2.24, 2.45) is 5.92 Å². The summed E-state index contributed by atoms with van der Waals surface area (Å²) in [5, 5.41) is 5.55. The summed E-state index contributed by atoms with van der Waals surface area (Å²) >= 11 is 1.52. The van der Waals surface area contributed by atoms with Crippen molar-refractivity contribution in [3.63, 3.8) is 0 Å². The molecule has 0 radical (unpaired) electrons. The SMILES string of the molecule is Cc1nc(-c2c[nH]c(C(=O)N[C@@H]3CCC[C@@H](C(F)(F)F)C3)c2)cs1. The van der Waals surface area contributed by atoms with Crippen molar-refractivity contribution in [2.75, 3.05) is 0 Å². The highest BCUT2D eigenvalue weighted by Crippen LogP contribution is 2.37. The predicted octanol–water partition coefficient (Wildman–Crippen LogP) is 4.30. The molecular weight excluding hydrogens is 339 g/mol. The average molecular weight is 357 g/mol. The van der Waals surface area contributed by atoms with E-state index in [2.05, 4.69) is 15.3 Å². The number of nitrogens with zero attached hydrogens (tertiary/aromatic N) is 1. The zero-order valence-corrected chi connectivity index (χ0v) is 13.9. The number of aromatic nitrogens is 2. The summed E-state index contributed by atoms with van der Waals surface area (Å²) in [7, 11) is 0. The average Bonchev–Trinajstić information content (AvgIpc) is 3.15. The Morgan fingerprint density at radius 3 is 2.88 bits per heavy atom. The van der Waals surface area contributed by atoms with Gasteiger partial charge in [0.25, 0.3) is 5.91 Å². The molecule has 1 saturated carbocycles. The van der Waals surface area contributed by atoms with Gasteiger partial charge in [0, 0.05) is 23.2 Å². The van der Waals surface area contributed by atoms with Crippen LogP contribution in [0.5, 0.6) is 0 Å². The van der Waals surface area contributed by atoms with Gasteiger partial charge in [-0.1, -0.05) is 6.42 Å². The van der Waals surface area contributed by atoms with Crippen LogP contribution in [0.1, 0.15) is 41.2 Å². The summed E-state index contributed by atoms with van der Waals surface area (Å²) in [6, 6.07) is 1.24. The van der Waals surface area contributed by atoms with Gasteiger partial charge < -0.3 is 10.3 Å². The molecule has 4 nitrogen and oxygen atoms in total. The summed E-state index contributed by atoms with van der Waals surface area (Å²) in [5.41, 5.74) is 1.91. The second-order valence-corrected chi connectivity index (χ2v) is 7.19. The molecule has 24 heavy (non-hydrogen) atoms. The first-order valence-corrected chi connectivity index (χ1v) is 8.69. The van der Waals surface area contributed by atoms with E-state index >= 15 is 0 Å². The van der Waals surface area contributed by atoms with Crippen LogP contribution in [0.3, 0.4) is 0 Å². The molecule has 0 aliphatic heterocycles. The fourth-order valence-corrected chi connectivity index (χ4v) is 3.67. The molecule has 2 heterocycles. The number of nitrogens with one attached hydrogen (secondary N) is 2. The largest absolute Gasteiger partial charge is 0.391 e. The number of rotatable bonds is 3. The maximum absolute atomic E-state index is 12.8. The number of aryl methyl sites for hydroxylation is 1.